The van der Waals surface area contributed by atoms with Crippen molar-refractivity contribution in [3.05, 3.63) is 59.2 Å². The summed E-state index contributed by atoms with van der Waals surface area (Å²) < 4.78 is 73.7. The Morgan fingerprint density at radius 1 is 1.21 bits per heavy atom. The summed E-state index contributed by atoms with van der Waals surface area (Å²) in [6, 6.07) is 6.11. The number of alkyl halides is 1. The average molecular weight is 497 g/mol. The van der Waals surface area contributed by atoms with Crippen LogP contribution in [0.4, 0.5) is 18.0 Å². The van der Waals surface area contributed by atoms with Crippen LogP contribution in [-0.2, 0) is 16.6 Å². The smallest absolute Gasteiger partial charge is 0.319 e. The third kappa shape index (κ3) is 4.27. The van der Waals surface area contributed by atoms with E-state index in [1.54, 1.807) is 19.1 Å². The Hall–Kier alpha value is -2.63. The standard InChI is InChI=1S/C23H27F3N4O3S/c1-14-8-16(10-17(24)9-14)18-7-5-6-15(20(18)25)11-19-21-23(26,12-29(4)34(32,33)27-21)13-30(19)22(31)28(2)3/h5-10,19,21,27H,11-13H2,1-4H3/t19-,21+,23?/m0/s1. The SMILES string of the molecule is Cc1cc(F)cc(-c2cccc(C[C@H]3[C@H]4NS(=O)(=O)N(C)CC4(F)CN3C(=O)N(C)C)c2F)c1. The van der Waals surface area contributed by atoms with E-state index in [2.05, 4.69) is 4.72 Å². The third-order valence-electron chi connectivity index (χ3n) is 6.44. The van der Waals surface area contributed by atoms with Crippen molar-refractivity contribution >= 4 is 16.2 Å². The Bertz CT molecular complexity index is 1220. The van der Waals surface area contributed by atoms with Crippen LogP contribution in [0.25, 0.3) is 11.1 Å². The first-order chi connectivity index (χ1) is 15.8. The third-order valence-corrected chi connectivity index (χ3v) is 7.94. The van der Waals surface area contributed by atoms with Gasteiger partial charge in [0.15, 0.2) is 5.67 Å². The molecule has 4 rings (SSSR count). The second kappa shape index (κ2) is 8.54. The highest BCUT2D eigenvalue weighted by molar-refractivity contribution is 7.87. The van der Waals surface area contributed by atoms with Crippen LogP contribution in [0.1, 0.15) is 11.1 Å². The number of hydrogen-bond donors (Lipinski definition) is 1. The topological polar surface area (TPSA) is 73.0 Å². The van der Waals surface area contributed by atoms with Crippen molar-refractivity contribution in [2.24, 2.45) is 0 Å². The van der Waals surface area contributed by atoms with E-state index in [0.29, 0.717) is 11.1 Å². The van der Waals surface area contributed by atoms with Crippen LogP contribution in [0.15, 0.2) is 36.4 Å². The number of fused-ring (bicyclic) bond motifs is 1. The largest absolute Gasteiger partial charge is 0.331 e. The summed E-state index contributed by atoms with van der Waals surface area (Å²) in [6.07, 6.45) is -0.129. The summed E-state index contributed by atoms with van der Waals surface area (Å²) in [4.78, 5) is 15.4. The minimum Gasteiger partial charge on any atom is -0.331 e. The first-order valence-corrected chi connectivity index (χ1v) is 12.2. The molecule has 11 heteroatoms. The predicted molar refractivity (Wildman–Crippen MR) is 122 cm³/mol. The molecule has 0 bridgehead atoms. The summed E-state index contributed by atoms with van der Waals surface area (Å²) >= 11 is 0. The van der Waals surface area contributed by atoms with E-state index in [4.69, 9.17) is 0 Å². The maximum Gasteiger partial charge on any atom is 0.319 e. The molecule has 0 spiro atoms. The molecular weight excluding hydrogens is 469 g/mol. The number of rotatable bonds is 3. The number of aryl methyl sites for hydroxylation is 1. The fourth-order valence-electron chi connectivity index (χ4n) is 4.83. The van der Waals surface area contributed by atoms with Gasteiger partial charge in [-0.1, -0.05) is 24.3 Å². The summed E-state index contributed by atoms with van der Waals surface area (Å²) in [5.41, 5.74) is -0.738. The van der Waals surface area contributed by atoms with Gasteiger partial charge in [-0.3, -0.25) is 0 Å². The molecule has 2 amide bonds. The number of hydrogen-bond acceptors (Lipinski definition) is 3. The molecule has 2 aliphatic rings. The summed E-state index contributed by atoms with van der Waals surface area (Å²) in [5, 5.41) is 0. The number of likely N-dealkylation sites (tertiary alicyclic amines) is 1. The minimum atomic E-state index is -3.96. The number of benzene rings is 2. The highest BCUT2D eigenvalue weighted by Gasteiger charge is 2.60. The zero-order valence-corrected chi connectivity index (χ0v) is 20.2. The Morgan fingerprint density at radius 2 is 1.91 bits per heavy atom. The van der Waals surface area contributed by atoms with Crippen LogP contribution >= 0.6 is 0 Å². The van der Waals surface area contributed by atoms with Crippen LogP contribution in [-0.4, -0.2) is 80.5 Å². The number of urea groups is 1. The number of carbonyl (C=O) groups excluding carboxylic acids is 1. The molecule has 2 fully saturated rings. The molecule has 0 aromatic heterocycles. The number of amides is 2. The van der Waals surface area contributed by atoms with Crippen molar-refractivity contribution in [2.75, 3.05) is 34.2 Å². The van der Waals surface area contributed by atoms with Gasteiger partial charge in [0.1, 0.15) is 11.6 Å². The van der Waals surface area contributed by atoms with E-state index in [-0.39, 0.29) is 24.1 Å². The molecule has 1 unspecified atom stereocenters. The van der Waals surface area contributed by atoms with Crippen molar-refractivity contribution in [3.8, 4) is 11.1 Å². The summed E-state index contributed by atoms with van der Waals surface area (Å²) in [7, 11) is 0.317. The van der Waals surface area contributed by atoms with Crippen LogP contribution in [0, 0.1) is 18.6 Å². The van der Waals surface area contributed by atoms with Gasteiger partial charge in [-0.15, -0.1) is 0 Å². The number of halogens is 3. The molecule has 2 saturated heterocycles. The molecule has 1 N–H and O–H groups in total. The molecule has 2 aliphatic heterocycles. The zero-order chi connectivity index (χ0) is 25.0. The Balaban J connectivity index is 1.75. The zero-order valence-electron chi connectivity index (χ0n) is 19.3. The van der Waals surface area contributed by atoms with E-state index < -0.39 is 52.2 Å². The van der Waals surface area contributed by atoms with Gasteiger partial charge in [0.05, 0.1) is 25.2 Å². The highest BCUT2D eigenvalue weighted by atomic mass is 32.2. The highest BCUT2D eigenvalue weighted by Crippen LogP contribution is 2.38. The van der Waals surface area contributed by atoms with Crippen LogP contribution in [0.2, 0.25) is 0 Å². The summed E-state index contributed by atoms with van der Waals surface area (Å²) in [5.74, 6) is -1.13. The molecule has 3 atom stereocenters. The molecule has 2 aromatic carbocycles. The molecule has 34 heavy (non-hydrogen) atoms. The molecule has 2 heterocycles. The van der Waals surface area contributed by atoms with Crippen molar-refractivity contribution in [1.29, 1.82) is 0 Å². The maximum atomic E-state index is 16.0. The van der Waals surface area contributed by atoms with Crippen LogP contribution in [0.5, 0.6) is 0 Å². The molecular formula is C23H27F3N4O3S. The fourth-order valence-corrected chi connectivity index (χ4v) is 6.09. The first-order valence-electron chi connectivity index (χ1n) is 10.8. The van der Waals surface area contributed by atoms with Gasteiger partial charge in [-0.25, -0.2) is 18.0 Å². The second-order valence-electron chi connectivity index (χ2n) is 9.26. The van der Waals surface area contributed by atoms with Crippen LogP contribution < -0.4 is 4.72 Å². The van der Waals surface area contributed by atoms with E-state index >= 15 is 8.78 Å². The van der Waals surface area contributed by atoms with Gasteiger partial charge >= 0.3 is 6.03 Å². The lowest BCUT2D eigenvalue weighted by Crippen LogP contribution is -2.65. The quantitative estimate of drug-likeness (QED) is 0.710. The molecule has 2 aromatic rings. The van der Waals surface area contributed by atoms with E-state index in [1.807, 2.05) is 0 Å². The number of nitrogens with one attached hydrogen (secondary N) is 1. The van der Waals surface area contributed by atoms with Gasteiger partial charge in [-0.05, 0) is 42.2 Å². The van der Waals surface area contributed by atoms with Crippen molar-refractivity contribution in [2.45, 2.75) is 31.1 Å². The molecule has 0 aliphatic carbocycles. The number of nitrogens with zero attached hydrogens (tertiary/aromatic N) is 3. The first kappa shape index (κ1) is 24.5. The van der Waals surface area contributed by atoms with Gasteiger partial charge in [0.25, 0.3) is 10.2 Å². The Labute approximate surface area is 197 Å². The molecule has 7 nitrogen and oxygen atoms in total. The predicted octanol–water partition coefficient (Wildman–Crippen LogP) is 2.71. The summed E-state index contributed by atoms with van der Waals surface area (Å²) in [6.45, 7) is 0.938. The lowest BCUT2D eigenvalue weighted by Gasteiger charge is -2.38. The van der Waals surface area contributed by atoms with E-state index in [0.717, 1.165) is 4.31 Å². The molecule has 0 saturated carbocycles. The maximum absolute atomic E-state index is 16.0. The van der Waals surface area contributed by atoms with Gasteiger partial charge in [-0.2, -0.15) is 17.4 Å². The van der Waals surface area contributed by atoms with Crippen LogP contribution in [0.3, 0.4) is 0 Å². The van der Waals surface area contributed by atoms with Crippen molar-refractivity contribution < 1.29 is 26.4 Å². The Morgan fingerprint density at radius 3 is 2.56 bits per heavy atom. The monoisotopic (exact) mass is 496 g/mol. The van der Waals surface area contributed by atoms with E-state index in [1.165, 1.54) is 55.2 Å². The van der Waals surface area contributed by atoms with Gasteiger partial charge < -0.3 is 9.80 Å². The van der Waals surface area contributed by atoms with Crippen molar-refractivity contribution in [1.82, 2.24) is 18.8 Å². The van der Waals surface area contributed by atoms with Gasteiger partial charge in [0.2, 0.25) is 0 Å². The lowest BCUT2D eigenvalue weighted by atomic mass is 9.91. The van der Waals surface area contributed by atoms with E-state index in [9.17, 15) is 17.6 Å². The molecule has 0 radical (unpaired) electrons. The second-order valence-corrected chi connectivity index (χ2v) is 11.1. The average Bonchev–Trinajstić information content (AvgIpc) is 2.99. The molecule has 184 valence electrons. The van der Waals surface area contributed by atoms with Gasteiger partial charge in [0, 0.05) is 26.7 Å². The van der Waals surface area contributed by atoms with Crippen molar-refractivity contribution in [3.63, 3.8) is 0 Å². The lowest BCUT2D eigenvalue weighted by molar-refractivity contribution is 0.106. The minimum absolute atomic E-state index is 0.129. The fraction of sp³-hybridized carbons (Fsp3) is 0.435. The Kier molecular flexibility index (Phi) is 6.16. The number of carbonyl (C=O) groups is 1. The normalized spacial score (nSPS) is 26.4.